The molecule has 1 fully saturated rings. The lowest BCUT2D eigenvalue weighted by Gasteiger charge is -2.19. The van der Waals surface area contributed by atoms with Gasteiger partial charge in [0, 0.05) is 10.8 Å². The van der Waals surface area contributed by atoms with E-state index < -0.39 is 6.04 Å². The molecule has 3 rings (SSSR count). The molecule has 1 aromatic heterocycles. The van der Waals surface area contributed by atoms with Crippen molar-refractivity contribution in [1.82, 2.24) is 0 Å². The zero-order chi connectivity index (χ0) is 10.4. The highest BCUT2D eigenvalue weighted by Crippen LogP contribution is 2.50. The van der Waals surface area contributed by atoms with Crippen LogP contribution in [0, 0.1) is 22.0 Å². The van der Waals surface area contributed by atoms with Gasteiger partial charge < -0.3 is 4.42 Å². The van der Waals surface area contributed by atoms with E-state index in [9.17, 15) is 10.1 Å². The number of rotatable bonds is 2. The Kier molecular flexibility index (Phi) is 1.71. The quantitative estimate of drug-likeness (QED) is 0.422. The van der Waals surface area contributed by atoms with E-state index >= 15 is 0 Å². The van der Waals surface area contributed by atoms with Gasteiger partial charge in [0.15, 0.2) is 0 Å². The first-order chi connectivity index (χ1) is 7.27. The van der Waals surface area contributed by atoms with Gasteiger partial charge in [-0.3, -0.25) is 10.1 Å². The number of allylic oxidation sites excluding steroid dienone is 1. The Labute approximate surface area is 86.7 Å². The Balaban J connectivity index is 2.00. The fourth-order valence-corrected chi connectivity index (χ4v) is 2.94. The average Bonchev–Trinajstić information content (AvgIpc) is 2.92. The van der Waals surface area contributed by atoms with Crippen molar-refractivity contribution in [3.8, 4) is 0 Å². The Hall–Kier alpha value is -1.58. The SMILES string of the molecule is O=[N+]([O-])[C@@H]1[C@@H](c2ccco2)[C@@H]2C=C[C@H]1C2. The summed E-state index contributed by atoms with van der Waals surface area (Å²) in [5.41, 5.74) is 0. The third kappa shape index (κ3) is 1.14. The summed E-state index contributed by atoms with van der Waals surface area (Å²) in [4.78, 5) is 10.9. The maximum absolute atomic E-state index is 11.0. The van der Waals surface area contributed by atoms with Gasteiger partial charge in [0.25, 0.3) is 0 Å². The van der Waals surface area contributed by atoms with E-state index in [1.165, 1.54) is 0 Å². The Morgan fingerprint density at radius 1 is 1.40 bits per heavy atom. The van der Waals surface area contributed by atoms with Gasteiger partial charge in [-0.1, -0.05) is 12.2 Å². The lowest BCUT2D eigenvalue weighted by molar-refractivity contribution is -0.530. The van der Waals surface area contributed by atoms with Crippen LogP contribution in [-0.2, 0) is 0 Å². The Morgan fingerprint density at radius 3 is 2.87 bits per heavy atom. The van der Waals surface area contributed by atoms with Crippen LogP contribution in [0.3, 0.4) is 0 Å². The fraction of sp³-hybridized carbons (Fsp3) is 0.455. The molecule has 2 aliphatic rings. The van der Waals surface area contributed by atoms with Crippen LogP contribution in [0.15, 0.2) is 35.0 Å². The van der Waals surface area contributed by atoms with Crippen LogP contribution in [0.25, 0.3) is 0 Å². The molecule has 0 unspecified atom stereocenters. The second-order valence-electron chi connectivity index (χ2n) is 4.27. The van der Waals surface area contributed by atoms with Crippen LogP contribution in [-0.4, -0.2) is 11.0 Å². The number of fused-ring (bicyclic) bond motifs is 2. The molecular weight excluding hydrogens is 194 g/mol. The Morgan fingerprint density at radius 2 is 2.20 bits per heavy atom. The zero-order valence-corrected chi connectivity index (χ0v) is 8.08. The summed E-state index contributed by atoms with van der Waals surface area (Å²) in [6.07, 6.45) is 6.56. The molecule has 2 aliphatic carbocycles. The summed E-state index contributed by atoms with van der Waals surface area (Å²) in [7, 11) is 0. The number of hydrogen-bond donors (Lipinski definition) is 0. The first kappa shape index (κ1) is 8.71. The molecule has 4 nitrogen and oxygen atoms in total. The predicted octanol–water partition coefficient (Wildman–Crippen LogP) is 2.21. The minimum absolute atomic E-state index is 0.0648. The second kappa shape index (κ2) is 2.95. The van der Waals surface area contributed by atoms with E-state index in [4.69, 9.17) is 4.42 Å². The van der Waals surface area contributed by atoms with Crippen molar-refractivity contribution in [2.24, 2.45) is 11.8 Å². The topological polar surface area (TPSA) is 56.3 Å². The third-order valence-corrected chi connectivity index (χ3v) is 3.53. The fourth-order valence-electron chi connectivity index (χ4n) is 2.94. The number of furan rings is 1. The van der Waals surface area contributed by atoms with Crippen molar-refractivity contribution in [3.05, 3.63) is 46.4 Å². The summed E-state index contributed by atoms with van der Waals surface area (Å²) < 4.78 is 5.31. The molecule has 1 saturated carbocycles. The standard InChI is InChI=1S/C11H11NO3/c13-12(14)11-8-4-3-7(6-8)10(11)9-2-1-5-15-9/h1-5,7-8,10-11H,6H2/t7-,8+,10-,11+/m1/s1. The van der Waals surface area contributed by atoms with Gasteiger partial charge in [-0.25, -0.2) is 0 Å². The molecule has 78 valence electrons. The number of hydrogen-bond acceptors (Lipinski definition) is 3. The summed E-state index contributed by atoms with van der Waals surface area (Å²) >= 11 is 0. The molecule has 0 aliphatic heterocycles. The van der Waals surface area contributed by atoms with Crippen LogP contribution < -0.4 is 0 Å². The van der Waals surface area contributed by atoms with Crippen molar-refractivity contribution in [3.63, 3.8) is 0 Å². The summed E-state index contributed by atoms with van der Waals surface area (Å²) in [6.45, 7) is 0. The minimum Gasteiger partial charge on any atom is -0.469 e. The summed E-state index contributed by atoms with van der Waals surface area (Å²) in [6, 6.07) is 3.14. The smallest absolute Gasteiger partial charge is 0.229 e. The van der Waals surface area contributed by atoms with Crippen LogP contribution in [0.5, 0.6) is 0 Å². The lowest BCUT2D eigenvalue weighted by Crippen LogP contribution is -2.31. The largest absolute Gasteiger partial charge is 0.469 e. The highest BCUT2D eigenvalue weighted by atomic mass is 16.6. The van der Waals surface area contributed by atoms with Crippen molar-refractivity contribution < 1.29 is 9.34 Å². The second-order valence-corrected chi connectivity index (χ2v) is 4.27. The predicted molar refractivity (Wildman–Crippen MR) is 53.0 cm³/mol. The molecule has 0 saturated heterocycles. The molecule has 0 N–H and O–H groups in total. The van der Waals surface area contributed by atoms with Gasteiger partial charge in [0.1, 0.15) is 5.76 Å². The van der Waals surface area contributed by atoms with Crippen molar-refractivity contribution in [1.29, 1.82) is 0 Å². The van der Waals surface area contributed by atoms with E-state index in [1.807, 2.05) is 12.1 Å². The first-order valence-electron chi connectivity index (χ1n) is 5.12. The lowest BCUT2D eigenvalue weighted by atomic mass is 9.87. The molecule has 4 atom stereocenters. The molecule has 0 radical (unpaired) electrons. The van der Waals surface area contributed by atoms with Crippen molar-refractivity contribution in [2.45, 2.75) is 18.4 Å². The van der Waals surface area contributed by atoms with Gasteiger partial charge >= 0.3 is 0 Å². The minimum atomic E-state index is -0.494. The summed E-state index contributed by atoms with van der Waals surface area (Å²) in [5.74, 6) is 1.08. The molecule has 4 heteroatoms. The van der Waals surface area contributed by atoms with Crippen molar-refractivity contribution in [2.75, 3.05) is 0 Å². The number of nitro groups is 1. The van der Waals surface area contributed by atoms with E-state index in [0.717, 1.165) is 12.2 Å². The molecule has 15 heavy (non-hydrogen) atoms. The molecule has 1 aromatic rings. The molecule has 0 aromatic carbocycles. The molecule has 1 heterocycles. The van der Waals surface area contributed by atoms with E-state index in [0.29, 0.717) is 0 Å². The maximum Gasteiger partial charge on any atom is 0.229 e. The highest BCUT2D eigenvalue weighted by molar-refractivity contribution is 5.24. The van der Waals surface area contributed by atoms with Gasteiger partial charge in [0.2, 0.25) is 6.04 Å². The van der Waals surface area contributed by atoms with Gasteiger partial charge in [-0.15, -0.1) is 0 Å². The maximum atomic E-state index is 11.0. The van der Waals surface area contributed by atoms with Gasteiger partial charge in [-0.05, 0) is 24.5 Å². The van der Waals surface area contributed by atoms with Crippen LogP contribution in [0.1, 0.15) is 18.1 Å². The van der Waals surface area contributed by atoms with Crippen LogP contribution in [0.4, 0.5) is 0 Å². The zero-order valence-electron chi connectivity index (χ0n) is 8.08. The van der Waals surface area contributed by atoms with E-state index in [1.54, 1.807) is 12.3 Å². The highest BCUT2D eigenvalue weighted by Gasteiger charge is 2.53. The molecule has 2 bridgehead atoms. The molecule has 0 spiro atoms. The third-order valence-electron chi connectivity index (χ3n) is 3.53. The van der Waals surface area contributed by atoms with E-state index in [2.05, 4.69) is 6.08 Å². The Bertz CT molecular complexity index is 409. The van der Waals surface area contributed by atoms with Gasteiger partial charge in [0.05, 0.1) is 12.2 Å². The van der Waals surface area contributed by atoms with Crippen molar-refractivity contribution >= 4 is 0 Å². The average molecular weight is 205 g/mol. The molecular formula is C11H11NO3. The van der Waals surface area contributed by atoms with Gasteiger partial charge in [-0.2, -0.15) is 0 Å². The first-order valence-corrected chi connectivity index (χ1v) is 5.12. The number of nitrogens with zero attached hydrogens (tertiary/aromatic N) is 1. The molecule has 0 amide bonds. The normalized spacial score (nSPS) is 37.3. The monoisotopic (exact) mass is 205 g/mol. The van der Waals surface area contributed by atoms with E-state index in [-0.39, 0.29) is 22.7 Å². The summed E-state index contributed by atoms with van der Waals surface area (Å²) in [5, 5.41) is 11.0. The van der Waals surface area contributed by atoms with Crippen LogP contribution >= 0.6 is 0 Å². The van der Waals surface area contributed by atoms with Crippen LogP contribution in [0.2, 0.25) is 0 Å².